The third-order valence-electron chi connectivity index (χ3n) is 1.94. The molecule has 1 aromatic rings. The molecule has 0 saturated carbocycles. The summed E-state index contributed by atoms with van der Waals surface area (Å²) in [6, 6.07) is 3.40. The maximum absolute atomic E-state index is 10.3. The Bertz CT molecular complexity index is 322. The molecule has 0 spiro atoms. The number of nitrogens with one attached hydrogen (secondary N) is 1. The largest absolute Gasteiger partial charge is 0.481 e. The molecule has 0 amide bonds. The van der Waals surface area contributed by atoms with E-state index < -0.39 is 5.97 Å². The molecule has 1 heterocycles. The Morgan fingerprint density at radius 2 is 2.40 bits per heavy atom. The van der Waals surface area contributed by atoms with Crippen molar-refractivity contribution in [1.29, 1.82) is 0 Å². The number of carboxylic acid groups (broad SMARTS) is 1. The summed E-state index contributed by atoms with van der Waals surface area (Å²) in [6.45, 7) is 2.91. The van der Waals surface area contributed by atoms with Crippen LogP contribution in [0, 0.1) is 6.92 Å². The van der Waals surface area contributed by atoms with Gasteiger partial charge in [0.15, 0.2) is 0 Å². The van der Waals surface area contributed by atoms with Crippen LogP contribution in [-0.2, 0) is 11.3 Å². The summed E-state index contributed by atoms with van der Waals surface area (Å²) in [6.07, 6.45) is -0.0236. The van der Waals surface area contributed by atoms with Crippen LogP contribution in [0.2, 0.25) is 0 Å². The Hall–Kier alpha value is -1.33. The predicted octanol–water partition coefficient (Wildman–Crippen LogP) is 0.480. The molecule has 5 nitrogen and oxygen atoms in total. The molecule has 1 rings (SSSR count). The van der Waals surface area contributed by atoms with E-state index in [1.165, 1.54) is 0 Å². The second kappa shape index (κ2) is 5.53. The van der Waals surface area contributed by atoms with Crippen LogP contribution in [0.1, 0.15) is 17.9 Å². The van der Waals surface area contributed by atoms with Gasteiger partial charge < -0.3 is 20.6 Å². The highest BCUT2D eigenvalue weighted by atomic mass is 16.4. The van der Waals surface area contributed by atoms with Crippen molar-refractivity contribution in [3.8, 4) is 0 Å². The van der Waals surface area contributed by atoms with Gasteiger partial charge in [-0.15, -0.1) is 0 Å². The molecule has 1 aromatic heterocycles. The van der Waals surface area contributed by atoms with Crippen LogP contribution >= 0.6 is 0 Å². The standard InChI is InChI=1S/C10H16N2O3/c1-7-2-3-9(15-7)6-12-5-8(11)4-10(13)14/h2-3,8,12H,4-6,11H2,1H3,(H,13,14). The fraction of sp³-hybridized carbons (Fsp3) is 0.500. The van der Waals surface area contributed by atoms with Gasteiger partial charge in [-0.25, -0.2) is 0 Å². The van der Waals surface area contributed by atoms with Crippen LogP contribution in [0.25, 0.3) is 0 Å². The van der Waals surface area contributed by atoms with Gasteiger partial charge in [0.05, 0.1) is 13.0 Å². The van der Waals surface area contributed by atoms with E-state index >= 15 is 0 Å². The van der Waals surface area contributed by atoms with Gasteiger partial charge in [0, 0.05) is 12.6 Å². The number of aryl methyl sites for hydroxylation is 1. The average Bonchev–Trinajstić information content (AvgIpc) is 2.50. The van der Waals surface area contributed by atoms with Crippen molar-refractivity contribution in [2.45, 2.75) is 25.9 Å². The maximum atomic E-state index is 10.3. The van der Waals surface area contributed by atoms with E-state index in [4.69, 9.17) is 15.3 Å². The first-order chi connectivity index (χ1) is 7.08. The van der Waals surface area contributed by atoms with Crippen molar-refractivity contribution in [2.75, 3.05) is 6.54 Å². The Morgan fingerprint density at radius 1 is 1.67 bits per heavy atom. The molecule has 0 radical (unpaired) electrons. The van der Waals surface area contributed by atoms with Crippen molar-refractivity contribution in [3.63, 3.8) is 0 Å². The number of aliphatic carboxylic acids is 1. The highest BCUT2D eigenvalue weighted by Gasteiger charge is 2.07. The summed E-state index contributed by atoms with van der Waals surface area (Å²) in [5, 5.41) is 11.5. The summed E-state index contributed by atoms with van der Waals surface area (Å²) in [4.78, 5) is 10.3. The van der Waals surface area contributed by atoms with Gasteiger partial charge in [0.2, 0.25) is 0 Å². The van der Waals surface area contributed by atoms with Crippen molar-refractivity contribution in [2.24, 2.45) is 5.73 Å². The number of rotatable bonds is 6. The molecule has 0 aliphatic carbocycles. The second-order valence-corrected chi connectivity index (χ2v) is 3.50. The van der Waals surface area contributed by atoms with Crippen LogP contribution in [0.4, 0.5) is 0 Å². The van der Waals surface area contributed by atoms with E-state index in [1.807, 2.05) is 19.1 Å². The fourth-order valence-electron chi connectivity index (χ4n) is 1.26. The number of carbonyl (C=O) groups is 1. The van der Waals surface area contributed by atoms with Crippen molar-refractivity contribution in [3.05, 3.63) is 23.7 Å². The topological polar surface area (TPSA) is 88.5 Å². The minimum absolute atomic E-state index is 0.0236. The normalized spacial score (nSPS) is 12.7. The zero-order chi connectivity index (χ0) is 11.3. The maximum Gasteiger partial charge on any atom is 0.304 e. The van der Waals surface area contributed by atoms with E-state index in [1.54, 1.807) is 0 Å². The monoisotopic (exact) mass is 212 g/mol. The summed E-state index contributed by atoms with van der Waals surface area (Å²) < 4.78 is 5.33. The Kier molecular flexibility index (Phi) is 4.33. The van der Waals surface area contributed by atoms with Gasteiger partial charge in [-0.05, 0) is 19.1 Å². The summed E-state index contributed by atoms with van der Waals surface area (Å²) >= 11 is 0. The first-order valence-corrected chi connectivity index (χ1v) is 4.81. The van der Waals surface area contributed by atoms with E-state index in [9.17, 15) is 4.79 Å². The van der Waals surface area contributed by atoms with Crippen LogP contribution in [0.15, 0.2) is 16.5 Å². The van der Waals surface area contributed by atoms with Crippen LogP contribution in [0.3, 0.4) is 0 Å². The minimum atomic E-state index is -0.877. The molecule has 15 heavy (non-hydrogen) atoms. The van der Waals surface area contributed by atoms with Gasteiger partial charge in [0.1, 0.15) is 11.5 Å². The van der Waals surface area contributed by atoms with E-state index in [-0.39, 0.29) is 12.5 Å². The van der Waals surface area contributed by atoms with E-state index in [0.717, 1.165) is 11.5 Å². The van der Waals surface area contributed by atoms with E-state index in [0.29, 0.717) is 13.1 Å². The zero-order valence-corrected chi connectivity index (χ0v) is 8.69. The summed E-state index contributed by atoms with van der Waals surface area (Å²) in [5.41, 5.74) is 5.57. The number of hydrogen-bond acceptors (Lipinski definition) is 4. The molecule has 0 aromatic carbocycles. The first-order valence-electron chi connectivity index (χ1n) is 4.81. The van der Waals surface area contributed by atoms with Crippen LogP contribution in [-0.4, -0.2) is 23.7 Å². The number of nitrogens with two attached hydrogens (primary N) is 1. The molecule has 0 bridgehead atoms. The lowest BCUT2D eigenvalue weighted by atomic mass is 10.2. The van der Waals surface area contributed by atoms with Gasteiger partial charge in [-0.1, -0.05) is 0 Å². The third kappa shape index (κ3) is 4.62. The molecule has 84 valence electrons. The molecule has 0 fully saturated rings. The highest BCUT2D eigenvalue weighted by molar-refractivity contribution is 5.67. The lowest BCUT2D eigenvalue weighted by molar-refractivity contribution is -0.137. The highest BCUT2D eigenvalue weighted by Crippen LogP contribution is 2.05. The molecule has 0 saturated heterocycles. The van der Waals surface area contributed by atoms with Gasteiger partial charge >= 0.3 is 5.97 Å². The lowest BCUT2D eigenvalue weighted by Gasteiger charge is -2.08. The molecule has 5 heteroatoms. The molecule has 4 N–H and O–H groups in total. The number of hydrogen-bond donors (Lipinski definition) is 3. The van der Waals surface area contributed by atoms with Crippen molar-refractivity contribution in [1.82, 2.24) is 5.32 Å². The van der Waals surface area contributed by atoms with Crippen LogP contribution in [0.5, 0.6) is 0 Å². The quantitative estimate of drug-likeness (QED) is 0.638. The molecule has 1 unspecified atom stereocenters. The van der Waals surface area contributed by atoms with Crippen molar-refractivity contribution >= 4 is 5.97 Å². The first kappa shape index (κ1) is 11.7. The SMILES string of the molecule is Cc1ccc(CNCC(N)CC(=O)O)o1. The Morgan fingerprint density at radius 3 is 2.93 bits per heavy atom. The lowest BCUT2D eigenvalue weighted by Crippen LogP contribution is -2.35. The molecular weight excluding hydrogens is 196 g/mol. The predicted molar refractivity (Wildman–Crippen MR) is 55.4 cm³/mol. The number of carboxylic acids is 1. The smallest absolute Gasteiger partial charge is 0.304 e. The van der Waals surface area contributed by atoms with Gasteiger partial charge in [-0.3, -0.25) is 4.79 Å². The Labute approximate surface area is 88.3 Å². The molecular formula is C10H16N2O3. The minimum Gasteiger partial charge on any atom is -0.481 e. The third-order valence-corrected chi connectivity index (χ3v) is 1.94. The zero-order valence-electron chi connectivity index (χ0n) is 8.69. The van der Waals surface area contributed by atoms with Gasteiger partial charge in [0.25, 0.3) is 0 Å². The summed E-state index contributed by atoms with van der Waals surface area (Å²) in [5.74, 6) is 0.815. The van der Waals surface area contributed by atoms with Crippen molar-refractivity contribution < 1.29 is 14.3 Å². The van der Waals surface area contributed by atoms with E-state index in [2.05, 4.69) is 5.32 Å². The fourth-order valence-corrected chi connectivity index (χ4v) is 1.26. The average molecular weight is 212 g/mol. The second-order valence-electron chi connectivity index (χ2n) is 3.50. The molecule has 1 atom stereocenters. The molecule has 0 aliphatic rings. The summed E-state index contributed by atoms with van der Waals surface area (Å²) in [7, 11) is 0. The Balaban J connectivity index is 2.18. The molecule has 0 aliphatic heterocycles. The number of furan rings is 1. The van der Waals surface area contributed by atoms with Gasteiger partial charge in [-0.2, -0.15) is 0 Å². The van der Waals surface area contributed by atoms with Crippen LogP contribution < -0.4 is 11.1 Å².